The lowest BCUT2D eigenvalue weighted by molar-refractivity contribution is 0.104. The summed E-state index contributed by atoms with van der Waals surface area (Å²) in [5.41, 5.74) is 1.58. The van der Waals surface area contributed by atoms with Crippen molar-refractivity contribution in [2.45, 2.75) is 39.7 Å². The lowest BCUT2D eigenvalue weighted by Crippen LogP contribution is -2.36. The molecule has 3 heteroatoms. The van der Waals surface area contributed by atoms with Gasteiger partial charge >= 0.3 is 0 Å². The highest BCUT2D eigenvalue weighted by molar-refractivity contribution is 5.31. The van der Waals surface area contributed by atoms with Gasteiger partial charge in [0.2, 0.25) is 0 Å². The van der Waals surface area contributed by atoms with Crippen LogP contribution < -0.4 is 10.1 Å². The summed E-state index contributed by atoms with van der Waals surface area (Å²) in [4.78, 5) is 0. The lowest BCUT2D eigenvalue weighted by Gasteiger charge is -2.21. The van der Waals surface area contributed by atoms with Crippen molar-refractivity contribution in [2.75, 3.05) is 19.7 Å². The summed E-state index contributed by atoms with van der Waals surface area (Å²) in [5.74, 6) is 1.57. The average molecular weight is 277 g/mol. The number of benzene rings is 1. The first-order valence-corrected chi connectivity index (χ1v) is 7.61. The molecule has 0 spiro atoms. The van der Waals surface area contributed by atoms with Crippen LogP contribution in [0.1, 0.15) is 32.3 Å². The topological polar surface area (TPSA) is 41.5 Å². The van der Waals surface area contributed by atoms with E-state index >= 15 is 0 Å². The minimum absolute atomic E-state index is 0.340. The Kier molecular flexibility index (Phi) is 5.06. The largest absolute Gasteiger partial charge is 0.491 e. The van der Waals surface area contributed by atoms with E-state index in [0.717, 1.165) is 23.8 Å². The summed E-state index contributed by atoms with van der Waals surface area (Å²) in [7, 11) is 0. The Morgan fingerprint density at radius 3 is 2.60 bits per heavy atom. The molecule has 1 aromatic carbocycles. The molecule has 1 aliphatic carbocycles. The lowest BCUT2D eigenvalue weighted by atomic mass is 9.92. The first-order chi connectivity index (χ1) is 9.53. The van der Waals surface area contributed by atoms with Crippen LogP contribution in [-0.4, -0.2) is 30.9 Å². The minimum Gasteiger partial charge on any atom is -0.491 e. The van der Waals surface area contributed by atoms with Gasteiger partial charge in [-0.2, -0.15) is 0 Å². The Morgan fingerprint density at radius 2 is 2.00 bits per heavy atom. The highest BCUT2D eigenvalue weighted by atomic mass is 16.5. The molecule has 0 saturated heterocycles. The smallest absolute Gasteiger partial charge is 0.122 e. The normalized spacial score (nSPS) is 18.1. The van der Waals surface area contributed by atoms with Gasteiger partial charge in [-0.3, -0.25) is 0 Å². The molecule has 1 unspecified atom stereocenters. The van der Waals surface area contributed by atoms with Gasteiger partial charge in [0, 0.05) is 13.1 Å². The van der Waals surface area contributed by atoms with Crippen molar-refractivity contribution in [3.63, 3.8) is 0 Å². The van der Waals surface area contributed by atoms with Gasteiger partial charge in [0.25, 0.3) is 0 Å². The molecule has 0 heterocycles. The van der Waals surface area contributed by atoms with Crippen LogP contribution in [0.2, 0.25) is 0 Å². The number of para-hydroxylation sites is 1. The maximum atomic E-state index is 9.97. The molecule has 0 aromatic heterocycles. The van der Waals surface area contributed by atoms with Crippen molar-refractivity contribution >= 4 is 0 Å². The van der Waals surface area contributed by atoms with E-state index in [1.165, 1.54) is 12.8 Å². The van der Waals surface area contributed by atoms with Crippen LogP contribution in [0, 0.1) is 18.3 Å². The van der Waals surface area contributed by atoms with Crippen LogP contribution in [0.5, 0.6) is 5.75 Å². The molecule has 1 aromatic rings. The molecule has 1 atom stereocenters. The molecule has 1 saturated carbocycles. The summed E-state index contributed by atoms with van der Waals surface area (Å²) in [6, 6.07) is 7.89. The molecular weight excluding hydrogens is 250 g/mol. The van der Waals surface area contributed by atoms with Gasteiger partial charge in [0.15, 0.2) is 0 Å². The van der Waals surface area contributed by atoms with Crippen LogP contribution in [0.15, 0.2) is 24.3 Å². The fraction of sp³-hybridized carbons (Fsp3) is 0.647. The van der Waals surface area contributed by atoms with Crippen molar-refractivity contribution in [1.29, 1.82) is 0 Å². The van der Waals surface area contributed by atoms with E-state index in [1.807, 2.05) is 31.2 Å². The predicted octanol–water partition coefficient (Wildman–Crippen LogP) is 2.76. The second kappa shape index (κ2) is 6.59. The van der Waals surface area contributed by atoms with Crippen molar-refractivity contribution in [3.8, 4) is 5.75 Å². The summed E-state index contributed by atoms with van der Waals surface area (Å²) >= 11 is 0. The third-order valence-electron chi connectivity index (χ3n) is 4.50. The number of hydrogen-bond donors (Lipinski definition) is 2. The molecule has 0 radical (unpaired) electrons. The number of aryl methyl sites for hydroxylation is 1. The molecule has 0 amide bonds. The standard InChI is InChI=1S/C17H27NO2/c1-13(2)17(8-9-17)12-18-10-15(19)11-20-16-7-5-4-6-14(16)3/h4-7,13,15,18-19H,8-12H2,1-3H3. The van der Waals surface area contributed by atoms with Gasteiger partial charge in [0.1, 0.15) is 18.5 Å². The van der Waals surface area contributed by atoms with E-state index in [-0.39, 0.29) is 0 Å². The Morgan fingerprint density at radius 1 is 1.30 bits per heavy atom. The van der Waals surface area contributed by atoms with Gasteiger partial charge in [-0.05, 0) is 42.7 Å². The van der Waals surface area contributed by atoms with Crippen LogP contribution >= 0.6 is 0 Å². The second-order valence-electron chi connectivity index (χ2n) is 6.38. The molecule has 20 heavy (non-hydrogen) atoms. The van der Waals surface area contributed by atoms with Crippen molar-refractivity contribution < 1.29 is 9.84 Å². The molecule has 2 rings (SSSR count). The first-order valence-electron chi connectivity index (χ1n) is 7.61. The first kappa shape index (κ1) is 15.3. The third kappa shape index (κ3) is 3.97. The zero-order valence-corrected chi connectivity index (χ0v) is 12.9. The van der Waals surface area contributed by atoms with E-state index in [1.54, 1.807) is 0 Å². The van der Waals surface area contributed by atoms with E-state index < -0.39 is 6.10 Å². The fourth-order valence-electron chi connectivity index (χ4n) is 2.57. The van der Waals surface area contributed by atoms with E-state index in [4.69, 9.17) is 4.74 Å². The molecule has 0 bridgehead atoms. The van der Waals surface area contributed by atoms with E-state index in [0.29, 0.717) is 18.6 Å². The van der Waals surface area contributed by atoms with Crippen LogP contribution in [-0.2, 0) is 0 Å². The van der Waals surface area contributed by atoms with Gasteiger partial charge in [0.05, 0.1) is 0 Å². The van der Waals surface area contributed by atoms with Crippen LogP contribution in [0.4, 0.5) is 0 Å². The zero-order valence-electron chi connectivity index (χ0n) is 12.9. The maximum absolute atomic E-state index is 9.97. The number of rotatable bonds is 8. The number of ether oxygens (including phenoxy) is 1. The second-order valence-corrected chi connectivity index (χ2v) is 6.38. The van der Waals surface area contributed by atoms with Crippen molar-refractivity contribution in [3.05, 3.63) is 29.8 Å². The summed E-state index contributed by atoms with van der Waals surface area (Å²) in [5, 5.41) is 13.4. The molecule has 2 N–H and O–H groups in total. The highest BCUT2D eigenvalue weighted by Crippen LogP contribution is 2.51. The Bertz CT molecular complexity index is 427. The van der Waals surface area contributed by atoms with Gasteiger partial charge in [-0.1, -0.05) is 32.0 Å². The number of nitrogens with one attached hydrogen (secondary N) is 1. The summed E-state index contributed by atoms with van der Waals surface area (Å²) in [6.07, 6.45) is 2.17. The quantitative estimate of drug-likeness (QED) is 0.768. The van der Waals surface area contributed by atoms with Crippen molar-refractivity contribution in [2.24, 2.45) is 11.3 Å². The molecule has 1 aliphatic rings. The predicted molar refractivity (Wildman–Crippen MR) is 82.1 cm³/mol. The van der Waals surface area contributed by atoms with E-state index in [2.05, 4.69) is 19.2 Å². The summed E-state index contributed by atoms with van der Waals surface area (Å²) in [6.45, 7) is 8.53. The Balaban J connectivity index is 1.66. The maximum Gasteiger partial charge on any atom is 0.122 e. The Labute approximate surface area is 122 Å². The fourth-order valence-corrected chi connectivity index (χ4v) is 2.57. The molecule has 0 aliphatic heterocycles. The number of aliphatic hydroxyl groups excluding tert-OH is 1. The van der Waals surface area contributed by atoms with Gasteiger partial charge in [-0.25, -0.2) is 0 Å². The van der Waals surface area contributed by atoms with Crippen LogP contribution in [0.25, 0.3) is 0 Å². The molecular formula is C17H27NO2. The van der Waals surface area contributed by atoms with Gasteiger partial charge in [-0.15, -0.1) is 0 Å². The zero-order chi connectivity index (χ0) is 14.6. The average Bonchev–Trinajstić information content (AvgIpc) is 3.19. The number of hydrogen-bond acceptors (Lipinski definition) is 3. The molecule has 1 fully saturated rings. The van der Waals surface area contributed by atoms with Crippen molar-refractivity contribution in [1.82, 2.24) is 5.32 Å². The van der Waals surface area contributed by atoms with Gasteiger partial charge < -0.3 is 15.2 Å². The molecule has 3 nitrogen and oxygen atoms in total. The SMILES string of the molecule is Cc1ccccc1OCC(O)CNCC1(C(C)C)CC1. The summed E-state index contributed by atoms with van der Waals surface area (Å²) < 4.78 is 5.65. The van der Waals surface area contributed by atoms with Crippen LogP contribution in [0.3, 0.4) is 0 Å². The Hall–Kier alpha value is -1.06. The monoisotopic (exact) mass is 277 g/mol. The number of aliphatic hydroxyl groups is 1. The highest BCUT2D eigenvalue weighted by Gasteiger charge is 2.44. The molecule has 112 valence electrons. The minimum atomic E-state index is -0.461. The third-order valence-corrected chi connectivity index (χ3v) is 4.50. The van der Waals surface area contributed by atoms with E-state index in [9.17, 15) is 5.11 Å².